The van der Waals surface area contributed by atoms with E-state index in [1.54, 1.807) is 17.9 Å². The van der Waals surface area contributed by atoms with Crippen LogP contribution >= 0.6 is 0 Å². The Morgan fingerprint density at radius 2 is 1.20 bits per heavy atom. The van der Waals surface area contributed by atoms with E-state index in [1.165, 1.54) is 23.5 Å². The van der Waals surface area contributed by atoms with E-state index < -0.39 is 48.5 Å². The van der Waals surface area contributed by atoms with Crippen molar-refractivity contribution in [3.05, 3.63) is 25.3 Å². The lowest BCUT2D eigenvalue weighted by molar-refractivity contribution is -0.197. The molecule has 8 atom stereocenters. The van der Waals surface area contributed by atoms with Gasteiger partial charge >= 0.3 is 11.9 Å². The lowest BCUT2D eigenvalue weighted by Gasteiger charge is -2.27. The molecule has 326 valence electrons. The molecule has 4 aromatic heterocycles. The van der Waals surface area contributed by atoms with Crippen LogP contribution in [0.5, 0.6) is 0 Å². The summed E-state index contributed by atoms with van der Waals surface area (Å²) in [5.41, 5.74) is 13.6. The molecule has 59 heavy (non-hydrogen) atoms. The zero-order valence-electron chi connectivity index (χ0n) is 32.9. The third-order valence-corrected chi connectivity index (χ3v) is 9.63. The Labute approximate surface area is 336 Å². The maximum atomic E-state index is 10.7. The number of aromatic nitrogens is 8. The molecule has 4 unspecified atom stereocenters. The van der Waals surface area contributed by atoms with E-state index in [-0.39, 0.29) is 48.9 Å². The Kier molecular flexibility index (Phi) is 15.9. The molecule has 3 saturated heterocycles. The first-order chi connectivity index (χ1) is 27.5. The number of likely N-dealkylation sites (N-methyl/N-ethyl adjacent to an activating group) is 2. The molecule has 11 N–H and O–H groups in total. The Balaban J connectivity index is 0.000000242. The van der Waals surface area contributed by atoms with Gasteiger partial charge < -0.3 is 71.2 Å². The summed E-state index contributed by atoms with van der Waals surface area (Å²) in [4.78, 5) is 58.3. The van der Waals surface area contributed by atoms with E-state index in [9.17, 15) is 19.8 Å². The summed E-state index contributed by atoms with van der Waals surface area (Å²) in [5, 5.41) is 45.1. The largest absolute Gasteiger partial charge is 0.483 e. The van der Waals surface area contributed by atoms with E-state index in [2.05, 4.69) is 29.9 Å². The fourth-order valence-electron chi connectivity index (χ4n) is 7.05. The van der Waals surface area contributed by atoms with Gasteiger partial charge in [-0.1, -0.05) is 0 Å². The molecule has 0 aliphatic carbocycles. The predicted molar refractivity (Wildman–Crippen MR) is 204 cm³/mol. The first-order valence-electron chi connectivity index (χ1n) is 18.3. The topological polar surface area (TPSA) is 367 Å². The number of carboxylic acid groups (broad SMARTS) is 3. The summed E-state index contributed by atoms with van der Waals surface area (Å²) >= 11 is 0. The fraction of sp³-hybridized carbons (Fsp3) is 0.618. The van der Waals surface area contributed by atoms with Gasteiger partial charge in [-0.15, -0.1) is 0 Å². The van der Waals surface area contributed by atoms with Crippen LogP contribution in [0.1, 0.15) is 52.0 Å². The molecule has 0 amide bonds. The summed E-state index contributed by atoms with van der Waals surface area (Å²) in [6, 6.07) is 0. The highest BCUT2D eigenvalue weighted by Crippen LogP contribution is 2.44. The van der Waals surface area contributed by atoms with Gasteiger partial charge in [0.2, 0.25) is 0 Å². The van der Waals surface area contributed by atoms with Crippen molar-refractivity contribution in [1.82, 2.24) is 48.8 Å². The number of aliphatic hydroxyl groups is 2. The highest BCUT2D eigenvalue weighted by atomic mass is 16.8. The molecule has 3 fully saturated rings. The van der Waals surface area contributed by atoms with Gasteiger partial charge in [0.15, 0.2) is 41.2 Å². The molecule has 0 bridgehead atoms. The molecule has 7 rings (SSSR count). The number of aliphatic hydroxyl groups excluding tert-OH is 2. The number of imidazole rings is 2. The minimum atomic E-state index is -1.17. The molecule has 0 radical (unpaired) electrons. The van der Waals surface area contributed by atoms with Crippen molar-refractivity contribution in [2.45, 2.75) is 94.4 Å². The second-order valence-corrected chi connectivity index (χ2v) is 14.5. The molecule has 0 aromatic carbocycles. The van der Waals surface area contributed by atoms with Crippen molar-refractivity contribution in [3.8, 4) is 0 Å². The zero-order valence-corrected chi connectivity index (χ0v) is 32.9. The standard InChI is InChI=1S/C18H26N6O5.C15H22N6O5.CH2O2.H2O/c1-18(2)28-13-10(7-23(3)6-4-5-11(25)26)27-17(14(13)29-18)24-9-22-12-15(19)20-8-21-16(12)24;1-20(4-2-3-9(22)23)5-8-11(24)12(25)15(26-8)21-7-19-10-13(16)17-6-18-14(10)21;2-1-3;/h8-10,13-14,17H,4-7H2,1-3H3,(H,25,26)(H2,19,20,21);6-8,11-12,15,24-25H,2-5H2,1H3,(H,22,23)(H2,16,17,18);1H,(H,2,3);1H2/t10?,13-,14-,17?;8?,11-,12-,15?;;/m11../s1. The second-order valence-electron chi connectivity index (χ2n) is 14.5. The van der Waals surface area contributed by atoms with Crippen LogP contribution in [0.15, 0.2) is 25.3 Å². The van der Waals surface area contributed by atoms with Crippen LogP contribution in [0, 0.1) is 0 Å². The van der Waals surface area contributed by atoms with Crippen LogP contribution in [0.25, 0.3) is 22.3 Å². The normalized spacial score (nSPS) is 25.6. The van der Waals surface area contributed by atoms with Gasteiger partial charge in [-0.2, -0.15) is 0 Å². The van der Waals surface area contributed by atoms with Crippen LogP contribution in [-0.2, 0) is 33.3 Å². The van der Waals surface area contributed by atoms with Crippen molar-refractivity contribution in [2.75, 3.05) is 51.7 Å². The third kappa shape index (κ3) is 11.1. The van der Waals surface area contributed by atoms with E-state index >= 15 is 0 Å². The van der Waals surface area contributed by atoms with Crippen LogP contribution in [0.2, 0.25) is 0 Å². The second kappa shape index (κ2) is 20.1. The highest BCUT2D eigenvalue weighted by molar-refractivity contribution is 5.81. The van der Waals surface area contributed by atoms with Gasteiger partial charge in [0.25, 0.3) is 6.47 Å². The maximum Gasteiger partial charge on any atom is 0.303 e. The molecule has 3 aliphatic rings. The first-order valence-corrected chi connectivity index (χ1v) is 18.3. The van der Waals surface area contributed by atoms with Gasteiger partial charge in [0.1, 0.15) is 60.3 Å². The Morgan fingerprint density at radius 1 is 0.763 bits per heavy atom. The van der Waals surface area contributed by atoms with Crippen LogP contribution in [-0.4, -0.2) is 181 Å². The molecule has 0 saturated carbocycles. The number of aliphatic carboxylic acids is 2. The van der Waals surface area contributed by atoms with Crippen LogP contribution < -0.4 is 11.5 Å². The number of carboxylic acids is 2. The quantitative estimate of drug-likeness (QED) is 0.0698. The predicted octanol–water partition coefficient (Wildman–Crippen LogP) is -1.68. The van der Waals surface area contributed by atoms with E-state index in [1.807, 2.05) is 30.7 Å². The first kappa shape index (κ1) is 46.4. The summed E-state index contributed by atoms with van der Waals surface area (Å²) in [6.45, 7) is 5.62. The Morgan fingerprint density at radius 3 is 1.69 bits per heavy atom. The average molecular weight is 837 g/mol. The van der Waals surface area contributed by atoms with Gasteiger partial charge in [-0.05, 0) is 53.9 Å². The molecule has 4 aromatic rings. The lowest BCUT2D eigenvalue weighted by Crippen LogP contribution is -2.38. The number of nitrogen functional groups attached to an aromatic ring is 2. The lowest BCUT2D eigenvalue weighted by atomic mass is 10.1. The van der Waals surface area contributed by atoms with Gasteiger partial charge in [0.05, 0.1) is 12.7 Å². The smallest absolute Gasteiger partial charge is 0.303 e. The third-order valence-electron chi connectivity index (χ3n) is 9.63. The molecule has 7 heterocycles. The average Bonchev–Trinajstić information content (AvgIpc) is 3.96. The van der Waals surface area contributed by atoms with E-state index in [0.717, 1.165) is 0 Å². The molecule has 25 nitrogen and oxygen atoms in total. The zero-order chi connectivity index (χ0) is 42.3. The summed E-state index contributed by atoms with van der Waals surface area (Å²) in [5.74, 6) is -1.85. The minimum absolute atomic E-state index is 0. The highest BCUT2D eigenvalue weighted by Gasteiger charge is 2.56. The maximum absolute atomic E-state index is 10.7. The Bertz CT molecular complexity index is 2020. The summed E-state index contributed by atoms with van der Waals surface area (Å²) in [6.07, 6.45) is 1.94. The number of nitrogens with two attached hydrogens (primary N) is 2. The monoisotopic (exact) mass is 836 g/mol. The number of rotatable bonds is 14. The van der Waals surface area contributed by atoms with Crippen LogP contribution in [0.4, 0.5) is 11.6 Å². The molecule has 0 spiro atoms. The fourth-order valence-corrected chi connectivity index (χ4v) is 7.05. The number of nitrogens with zero attached hydrogens (tertiary/aromatic N) is 10. The van der Waals surface area contributed by atoms with Crippen LogP contribution in [0.3, 0.4) is 0 Å². The van der Waals surface area contributed by atoms with Gasteiger partial charge in [-0.25, -0.2) is 29.9 Å². The van der Waals surface area contributed by atoms with E-state index in [0.29, 0.717) is 67.2 Å². The summed E-state index contributed by atoms with van der Waals surface area (Å²) < 4.78 is 27.8. The number of hydrogen-bond donors (Lipinski definition) is 7. The van der Waals surface area contributed by atoms with E-state index in [4.69, 9.17) is 50.5 Å². The molecule has 25 heteroatoms. The van der Waals surface area contributed by atoms with Gasteiger partial charge in [0, 0.05) is 25.9 Å². The molecular formula is C34H52N12O13. The Hall–Kier alpha value is -5.25. The number of carbonyl (C=O) groups is 3. The molecule has 3 aliphatic heterocycles. The SMILES string of the molecule is CN(CCCC(=O)O)CC1OC(n2cnc3c(N)ncnc32)[C@@H]2OC(C)(C)O[C@H]12.CN(CCCC(=O)O)CC1OC(n2cnc3c(N)ncnc32)[C@H](O)[C@@H]1O.O.O=CO. The summed E-state index contributed by atoms with van der Waals surface area (Å²) in [7, 11) is 3.74. The molecular weight excluding hydrogens is 784 g/mol. The van der Waals surface area contributed by atoms with Gasteiger partial charge in [-0.3, -0.25) is 23.5 Å². The minimum Gasteiger partial charge on any atom is -0.483 e. The number of anilines is 2. The van der Waals surface area contributed by atoms with Crippen molar-refractivity contribution in [3.63, 3.8) is 0 Å². The van der Waals surface area contributed by atoms with Crippen molar-refractivity contribution < 1.29 is 64.3 Å². The van der Waals surface area contributed by atoms with Crippen molar-refractivity contribution in [1.29, 1.82) is 0 Å². The number of hydrogen-bond acceptors (Lipinski definition) is 19. The number of fused-ring (bicyclic) bond motifs is 3. The number of ether oxygens (including phenoxy) is 4. The van der Waals surface area contributed by atoms with Crippen molar-refractivity contribution in [2.24, 2.45) is 0 Å². The van der Waals surface area contributed by atoms with Crippen molar-refractivity contribution >= 4 is 52.4 Å².